The number of nitrogens with zero attached hydrogens (tertiary/aromatic N) is 1. The Balaban J connectivity index is 2.36. The Hall–Kier alpha value is -1.03. The van der Waals surface area contributed by atoms with Crippen LogP contribution >= 0.6 is 15.9 Å². The third-order valence-electron chi connectivity index (χ3n) is 4.83. The summed E-state index contributed by atoms with van der Waals surface area (Å²) < 4.78 is 5.85. The summed E-state index contributed by atoms with van der Waals surface area (Å²) in [4.78, 5) is 14.5. The van der Waals surface area contributed by atoms with Crippen molar-refractivity contribution in [1.29, 1.82) is 0 Å². The molecule has 1 aromatic rings. The molecule has 0 bridgehead atoms. The Morgan fingerprint density at radius 2 is 1.95 bits per heavy atom. The van der Waals surface area contributed by atoms with Crippen LogP contribution in [0.15, 0.2) is 16.6 Å². The monoisotopic (exact) mass is 367 g/mol. The van der Waals surface area contributed by atoms with Gasteiger partial charge in [-0.25, -0.2) is 4.79 Å². The van der Waals surface area contributed by atoms with Crippen LogP contribution < -0.4 is 4.90 Å². The zero-order valence-corrected chi connectivity index (χ0v) is 15.6. The fraction of sp³-hybridized carbons (Fsp3) is 0.611. The number of rotatable bonds is 4. The molecule has 0 unspecified atom stereocenters. The lowest BCUT2D eigenvalue weighted by atomic mass is 9.86. The number of methoxy groups -OCH3 is 1. The molecular formula is C18H26BrNO2. The van der Waals surface area contributed by atoms with Gasteiger partial charge >= 0.3 is 5.97 Å². The zero-order chi connectivity index (χ0) is 16.3. The van der Waals surface area contributed by atoms with Gasteiger partial charge in [0.15, 0.2) is 0 Å². The molecule has 0 saturated heterocycles. The van der Waals surface area contributed by atoms with Crippen LogP contribution in [0.2, 0.25) is 0 Å². The van der Waals surface area contributed by atoms with Crippen molar-refractivity contribution in [3.05, 3.63) is 27.7 Å². The van der Waals surface area contributed by atoms with Crippen molar-refractivity contribution >= 4 is 27.6 Å². The van der Waals surface area contributed by atoms with Gasteiger partial charge in [-0.2, -0.15) is 0 Å². The van der Waals surface area contributed by atoms with Crippen LogP contribution in [0, 0.1) is 12.8 Å². The van der Waals surface area contributed by atoms with Crippen molar-refractivity contribution < 1.29 is 9.53 Å². The van der Waals surface area contributed by atoms with Crippen molar-refractivity contribution in [3.8, 4) is 0 Å². The third kappa shape index (κ3) is 3.65. The topological polar surface area (TPSA) is 29.5 Å². The molecule has 0 atom stereocenters. The summed E-state index contributed by atoms with van der Waals surface area (Å²) >= 11 is 3.54. The largest absolute Gasteiger partial charge is 0.465 e. The number of carbonyl (C=O) groups excluding carboxylic acids is 1. The molecule has 22 heavy (non-hydrogen) atoms. The molecule has 0 N–H and O–H groups in total. The van der Waals surface area contributed by atoms with Crippen LogP contribution in [0.5, 0.6) is 0 Å². The molecule has 0 heterocycles. The molecule has 122 valence electrons. The fourth-order valence-corrected chi connectivity index (χ4v) is 3.91. The van der Waals surface area contributed by atoms with Crippen molar-refractivity contribution in [2.45, 2.75) is 52.5 Å². The highest BCUT2D eigenvalue weighted by Gasteiger charge is 2.26. The van der Waals surface area contributed by atoms with Crippen LogP contribution in [0.1, 0.15) is 55.5 Å². The third-order valence-corrected chi connectivity index (χ3v) is 5.28. The van der Waals surface area contributed by atoms with E-state index in [-0.39, 0.29) is 5.97 Å². The molecule has 4 heteroatoms. The van der Waals surface area contributed by atoms with Gasteiger partial charge in [-0.05, 0) is 63.1 Å². The lowest BCUT2D eigenvalue weighted by Gasteiger charge is -2.38. The molecule has 1 aliphatic rings. The van der Waals surface area contributed by atoms with E-state index in [0.717, 1.165) is 28.2 Å². The normalized spacial score (nSPS) is 21.5. The molecule has 3 nitrogen and oxygen atoms in total. The second-order valence-corrected chi connectivity index (χ2v) is 7.20. The molecule has 1 aliphatic carbocycles. The maximum Gasteiger partial charge on any atom is 0.338 e. The van der Waals surface area contributed by atoms with Crippen molar-refractivity contribution in [2.24, 2.45) is 5.92 Å². The highest BCUT2D eigenvalue weighted by Crippen LogP contribution is 2.34. The van der Waals surface area contributed by atoms with Crippen LogP contribution in [-0.2, 0) is 4.74 Å². The summed E-state index contributed by atoms with van der Waals surface area (Å²) in [7, 11) is 1.43. The van der Waals surface area contributed by atoms with E-state index in [0.29, 0.717) is 11.6 Å². The molecule has 0 aliphatic heterocycles. The van der Waals surface area contributed by atoms with Gasteiger partial charge < -0.3 is 9.64 Å². The van der Waals surface area contributed by atoms with Crippen molar-refractivity contribution in [1.82, 2.24) is 0 Å². The van der Waals surface area contributed by atoms with Gasteiger partial charge in [-0.1, -0.05) is 22.9 Å². The molecule has 2 rings (SSSR count). The summed E-state index contributed by atoms with van der Waals surface area (Å²) in [5.74, 6) is 0.567. The second-order valence-electron chi connectivity index (χ2n) is 6.29. The van der Waals surface area contributed by atoms with E-state index in [1.165, 1.54) is 32.8 Å². The number of halogens is 1. The van der Waals surface area contributed by atoms with E-state index in [4.69, 9.17) is 4.74 Å². The lowest BCUT2D eigenvalue weighted by Crippen LogP contribution is -2.38. The summed E-state index contributed by atoms with van der Waals surface area (Å²) in [5.41, 5.74) is 2.81. The molecule has 0 amide bonds. The van der Waals surface area contributed by atoms with E-state index >= 15 is 0 Å². The first-order valence-electron chi connectivity index (χ1n) is 8.13. The minimum absolute atomic E-state index is 0.270. The van der Waals surface area contributed by atoms with Gasteiger partial charge in [-0.15, -0.1) is 0 Å². The molecule has 1 fully saturated rings. The maximum atomic E-state index is 12.0. The summed E-state index contributed by atoms with van der Waals surface area (Å²) in [6, 6.07) is 4.55. The number of anilines is 1. The number of hydrogen-bond acceptors (Lipinski definition) is 3. The standard InChI is InChI=1S/C18H26BrNO2/c1-5-20(15-8-6-12(2)7-9-15)17-11-14(19)10-16(13(17)3)18(21)22-4/h10-12,15H,5-9H2,1-4H3. The Kier molecular flexibility index (Phi) is 5.90. The van der Waals surface area contributed by atoms with Crippen LogP contribution in [-0.4, -0.2) is 25.7 Å². The highest BCUT2D eigenvalue weighted by molar-refractivity contribution is 9.10. The Bertz CT molecular complexity index is 536. The van der Waals surface area contributed by atoms with Crippen LogP contribution in [0.4, 0.5) is 5.69 Å². The molecule has 0 radical (unpaired) electrons. The predicted molar refractivity (Wildman–Crippen MR) is 94.7 cm³/mol. The molecular weight excluding hydrogens is 342 g/mol. The number of carbonyl (C=O) groups is 1. The van der Waals surface area contributed by atoms with Crippen molar-refractivity contribution in [2.75, 3.05) is 18.6 Å². The van der Waals surface area contributed by atoms with Gasteiger partial charge in [0.2, 0.25) is 0 Å². The zero-order valence-electron chi connectivity index (χ0n) is 14.0. The average molecular weight is 368 g/mol. The summed E-state index contributed by atoms with van der Waals surface area (Å²) in [5, 5.41) is 0. The van der Waals surface area contributed by atoms with E-state index in [1.54, 1.807) is 0 Å². The van der Waals surface area contributed by atoms with Crippen LogP contribution in [0.25, 0.3) is 0 Å². The maximum absolute atomic E-state index is 12.0. The molecule has 0 spiro atoms. The minimum atomic E-state index is -0.270. The van der Waals surface area contributed by atoms with Gasteiger partial charge in [-0.3, -0.25) is 0 Å². The first kappa shape index (κ1) is 17.3. The predicted octanol–water partition coefficient (Wildman–Crippen LogP) is 4.95. The lowest BCUT2D eigenvalue weighted by molar-refractivity contribution is 0.0600. The number of hydrogen-bond donors (Lipinski definition) is 0. The van der Waals surface area contributed by atoms with E-state index in [2.05, 4.69) is 40.7 Å². The summed E-state index contributed by atoms with van der Waals surface area (Å²) in [6.07, 6.45) is 5.04. The van der Waals surface area contributed by atoms with Crippen LogP contribution in [0.3, 0.4) is 0 Å². The molecule has 1 aromatic carbocycles. The summed E-state index contributed by atoms with van der Waals surface area (Å²) in [6.45, 7) is 7.50. The first-order valence-corrected chi connectivity index (χ1v) is 8.92. The van der Waals surface area contributed by atoms with Gasteiger partial charge in [0.1, 0.15) is 0 Å². The van der Waals surface area contributed by atoms with Crippen molar-refractivity contribution in [3.63, 3.8) is 0 Å². The SMILES string of the molecule is CCN(c1cc(Br)cc(C(=O)OC)c1C)C1CCC(C)CC1. The average Bonchev–Trinajstić information content (AvgIpc) is 2.52. The first-order chi connectivity index (χ1) is 10.5. The number of esters is 1. The van der Waals surface area contributed by atoms with E-state index in [9.17, 15) is 4.79 Å². The van der Waals surface area contributed by atoms with Gasteiger partial charge in [0.05, 0.1) is 12.7 Å². The Morgan fingerprint density at radius 1 is 1.32 bits per heavy atom. The molecule has 1 saturated carbocycles. The van der Waals surface area contributed by atoms with Gasteiger partial charge in [0, 0.05) is 22.7 Å². The van der Waals surface area contributed by atoms with Gasteiger partial charge in [0.25, 0.3) is 0 Å². The smallest absolute Gasteiger partial charge is 0.338 e. The van der Waals surface area contributed by atoms with E-state index in [1.807, 2.05) is 13.0 Å². The highest BCUT2D eigenvalue weighted by atomic mass is 79.9. The number of benzene rings is 1. The fourth-order valence-electron chi connectivity index (χ4n) is 3.46. The quantitative estimate of drug-likeness (QED) is 0.705. The second kappa shape index (κ2) is 7.49. The minimum Gasteiger partial charge on any atom is -0.465 e. The van der Waals surface area contributed by atoms with E-state index < -0.39 is 0 Å². The number of ether oxygens (including phenoxy) is 1. The Labute approximate surface area is 142 Å². The molecule has 0 aromatic heterocycles. The Morgan fingerprint density at radius 3 is 2.50 bits per heavy atom.